The number of rotatable bonds is 4. The molecule has 0 aromatic carbocycles. The summed E-state index contributed by atoms with van der Waals surface area (Å²) in [6.45, 7) is 0. The van der Waals surface area contributed by atoms with Crippen LogP contribution in [-0.4, -0.2) is 46.0 Å². The van der Waals surface area contributed by atoms with Gasteiger partial charge < -0.3 is 10.1 Å². The molecule has 0 saturated carbocycles. The molecule has 7 heteroatoms. The zero-order chi connectivity index (χ0) is 12.3. The zero-order valence-electron chi connectivity index (χ0n) is 9.68. The third kappa shape index (κ3) is 2.25. The van der Waals surface area contributed by atoms with Crippen molar-refractivity contribution in [3.63, 3.8) is 0 Å². The molecular weight excluding hydrogens is 230 g/mol. The predicted octanol–water partition coefficient (Wildman–Crippen LogP) is 0.382. The van der Waals surface area contributed by atoms with Crippen molar-refractivity contribution >= 4 is 15.7 Å². The van der Waals surface area contributed by atoms with E-state index in [1.807, 2.05) is 0 Å². The Morgan fingerprint density at radius 2 is 2.00 bits per heavy atom. The average molecular weight is 245 g/mol. The van der Waals surface area contributed by atoms with E-state index in [0.29, 0.717) is 5.69 Å². The van der Waals surface area contributed by atoms with E-state index in [0.717, 1.165) is 4.31 Å². The van der Waals surface area contributed by atoms with E-state index in [2.05, 4.69) is 10.3 Å². The number of methoxy groups -OCH3 is 1. The second-order valence-corrected chi connectivity index (χ2v) is 5.34. The van der Waals surface area contributed by atoms with Crippen molar-refractivity contribution < 1.29 is 13.2 Å². The molecule has 0 radical (unpaired) electrons. The Labute approximate surface area is 95.3 Å². The van der Waals surface area contributed by atoms with Gasteiger partial charge in [-0.1, -0.05) is 0 Å². The Morgan fingerprint density at radius 1 is 1.38 bits per heavy atom. The van der Waals surface area contributed by atoms with Gasteiger partial charge in [-0.05, 0) is 12.1 Å². The first-order chi connectivity index (χ1) is 7.43. The van der Waals surface area contributed by atoms with Gasteiger partial charge >= 0.3 is 0 Å². The van der Waals surface area contributed by atoms with Crippen molar-refractivity contribution in [3.05, 3.63) is 12.1 Å². The molecule has 0 bridgehead atoms. The normalized spacial score (nSPS) is 11.6. The molecule has 1 rings (SSSR count). The summed E-state index contributed by atoms with van der Waals surface area (Å²) in [5.74, 6) is 0.255. The fourth-order valence-electron chi connectivity index (χ4n) is 1.10. The lowest BCUT2D eigenvalue weighted by molar-refractivity contribution is 0.395. The Kier molecular flexibility index (Phi) is 3.71. The van der Waals surface area contributed by atoms with E-state index in [1.165, 1.54) is 27.3 Å². The molecule has 0 aliphatic carbocycles. The molecule has 0 aliphatic rings. The van der Waals surface area contributed by atoms with Crippen LogP contribution < -0.4 is 10.1 Å². The predicted molar refractivity (Wildman–Crippen MR) is 61.2 cm³/mol. The van der Waals surface area contributed by atoms with Crippen molar-refractivity contribution in [3.8, 4) is 5.88 Å². The Hall–Kier alpha value is -1.34. The van der Waals surface area contributed by atoms with Crippen LogP contribution >= 0.6 is 0 Å². The van der Waals surface area contributed by atoms with Gasteiger partial charge in [0, 0.05) is 21.1 Å². The second kappa shape index (κ2) is 4.67. The largest absolute Gasteiger partial charge is 0.479 e. The fourth-order valence-corrected chi connectivity index (χ4v) is 1.91. The maximum absolute atomic E-state index is 11.8. The van der Waals surface area contributed by atoms with Crippen molar-refractivity contribution in [1.82, 2.24) is 9.29 Å². The number of pyridine rings is 1. The number of sulfonamides is 1. The number of nitrogens with zero attached hydrogens (tertiary/aromatic N) is 2. The molecule has 0 unspecified atom stereocenters. The minimum absolute atomic E-state index is 0.0339. The molecule has 0 aliphatic heterocycles. The van der Waals surface area contributed by atoms with E-state index < -0.39 is 10.0 Å². The lowest BCUT2D eigenvalue weighted by atomic mass is 10.4. The topological polar surface area (TPSA) is 71.5 Å². The van der Waals surface area contributed by atoms with Crippen LogP contribution in [0.2, 0.25) is 0 Å². The number of ether oxygens (including phenoxy) is 1. The summed E-state index contributed by atoms with van der Waals surface area (Å²) in [7, 11) is 2.54. The second-order valence-electron chi connectivity index (χ2n) is 3.24. The fraction of sp³-hybridized carbons (Fsp3) is 0.444. The molecule has 1 aromatic rings. The SMILES string of the molecule is CNc1ccc(S(=O)(=O)N(C)C)nc1OC. The zero-order valence-corrected chi connectivity index (χ0v) is 10.5. The van der Waals surface area contributed by atoms with Crippen LogP contribution in [0.4, 0.5) is 5.69 Å². The molecule has 0 amide bonds. The van der Waals surface area contributed by atoms with Gasteiger partial charge in [0.15, 0.2) is 5.03 Å². The van der Waals surface area contributed by atoms with Crippen LogP contribution in [0.25, 0.3) is 0 Å². The third-order valence-electron chi connectivity index (χ3n) is 2.04. The first-order valence-electron chi connectivity index (χ1n) is 4.58. The standard InChI is InChI=1S/C9H15N3O3S/c1-10-7-5-6-8(11-9(7)15-4)16(13,14)12(2)3/h5-6,10H,1-4H3. The maximum atomic E-state index is 11.8. The molecule has 0 fully saturated rings. The van der Waals surface area contributed by atoms with Gasteiger partial charge in [0.1, 0.15) is 0 Å². The summed E-state index contributed by atoms with van der Waals surface area (Å²) >= 11 is 0. The van der Waals surface area contributed by atoms with E-state index in [1.54, 1.807) is 13.1 Å². The first-order valence-corrected chi connectivity index (χ1v) is 6.02. The van der Waals surface area contributed by atoms with Gasteiger partial charge in [0.2, 0.25) is 5.88 Å². The summed E-state index contributed by atoms with van der Waals surface area (Å²) in [4.78, 5) is 3.94. The number of anilines is 1. The minimum Gasteiger partial charge on any atom is -0.479 e. The lowest BCUT2D eigenvalue weighted by Crippen LogP contribution is -2.23. The van der Waals surface area contributed by atoms with Gasteiger partial charge in [-0.3, -0.25) is 0 Å². The van der Waals surface area contributed by atoms with Crippen LogP contribution in [0, 0.1) is 0 Å². The highest BCUT2D eigenvalue weighted by atomic mass is 32.2. The summed E-state index contributed by atoms with van der Waals surface area (Å²) in [6.07, 6.45) is 0. The highest BCUT2D eigenvalue weighted by molar-refractivity contribution is 7.89. The summed E-state index contributed by atoms with van der Waals surface area (Å²) in [6, 6.07) is 3.05. The van der Waals surface area contributed by atoms with E-state index in [-0.39, 0.29) is 10.9 Å². The highest BCUT2D eigenvalue weighted by Crippen LogP contribution is 2.23. The molecule has 1 heterocycles. The molecule has 0 atom stereocenters. The van der Waals surface area contributed by atoms with E-state index in [9.17, 15) is 8.42 Å². The minimum atomic E-state index is -3.52. The monoisotopic (exact) mass is 245 g/mol. The molecule has 1 aromatic heterocycles. The molecular formula is C9H15N3O3S. The van der Waals surface area contributed by atoms with Crippen LogP contribution in [0.15, 0.2) is 17.2 Å². The van der Waals surface area contributed by atoms with Crippen molar-refractivity contribution in [2.24, 2.45) is 0 Å². The smallest absolute Gasteiger partial charge is 0.260 e. The average Bonchev–Trinajstić information content (AvgIpc) is 2.27. The summed E-state index contributed by atoms with van der Waals surface area (Å²) in [5.41, 5.74) is 0.639. The van der Waals surface area contributed by atoms with Crippen molar-refractivity contribution in [1.29, 1.82) is 0 Å². The van der Waals surface area contributed by atoms with Crippen molar-refractivity contribution in [2.75, 3.05) is 33.6 Å². The van der Waals surface area contributed by atoms with Gasteiger partial charge in [0.05, 0.1) is 12.8 Å². The van der Waals surface area contributed by atoms with Gasteiger partial charge in [0.25, 0.3) is 10.0 Å². The number of hydrogen-bond donors (Lipinski definition) is 1. The quantitative estimate of drug-likeness (QED) is 0.830. The van der Waals surface area contributed by atoms with E-state index in [4.69, 9.17) is 4.74 Å². The third-order valence-corrected chi connectivity index (χ3v) is 3.76. The van der Waals surface area contributed by atoms with Crippen LogP contribution in [0.5, 0.6) is 5.88 Å². The van der Waals surface area contributed by atoms with Crippen molar-refractivity contribution in [2.45, 2.75) is 5.03 Å². The Balaban J connectivity index is 3.29. The molecule has 6 nitrogen and oxygen atoms in total. The molecule has 90 valence electrons. The first kappa shape index (κ1) is 12.7. The Bertz CT molecular complexity index is 471. The maximum Gasteiger partial charge on any atom is 0.260 e. The molecule has 0 spiro atoms. The van der Waals surface area contributed by atoms with Crippen LogP contribution in [0.3, 0.4) is 0 Å². The van der Waals surface area contributed by atoms with Crippen LogP contribution in [-0.2, 0) is 10.0 Å². The van der Waals surface area contributed by atoms with Gasteiger partial charge in [-0.2, -0.15) is 4.98 Å². The number of hydrogen-bond acceptors (Lipinski definition) is 5. The lowest BCUT2D eigenvalue weighted by Gasteiger charge is -2.12. The molecule has 0 saturated heterocycles. The van der Waals surface area contributed by atoms with E-state index >= 15 is 0 Å². The molecule has 1 N–H and O–H groups in total. The Morgan fingerprint density at radius 3 is 2.44 bits per heavy atom. The van der Waals surface area contributed by atoms with Gasteiger partial charge in [-0.15, -0.1) is 0 Å². The summed E-state index contributed by atoms with van der Waals surface area (Å²) < 4.78 is 29.7. The molecule has 16 heavy (non-hydrogen) atoms. The highest BCUT2D eigenvalue weighted by Gasteiger charge is 2.20. The van der Waals surface area contributed by atoms with Crippen LogP contribution in [0.1, 0.15) is 0 Å². The van der Waals surface area contributed by atoms with Gasteiger partial charge in [-0.25, -0.2) is 12.7 Å². The number of nitrogens with one attached hydrogen (secondary N) is 1. The number of aromatic nitrogens is 1. The summed E-state index contributed by atoms with van der Waals surface area (Å²) in [5, 5.41) is 2.82.